The second-order valence-electron chi connectivity index (χ2n) is 4.84. The molecule has 3 nitrogen and oxygen atoms in total. The highest BCUT2D eigenvalue weighted by Gasteiger charge is 2.34. The van der Waals surface area contributed by atoms with E-state index in [2.05, 4.69) is 0 Å². The number of carbonyl (C=O) groups excluding carboxylic acids is 1. The Kier molecular flexibility index (Phi) is 3.97. The fourth-order valence-corrected chi connectivity index (χ4v) is 1.95. The van der Waals surface area contributed by atoms with E-state index in [0.717, 1.165) is 18.4 Å². The summed E-state index contributed by atoms with van der Waals surface area (Å²) in [6, 6.07) is 6.17. The molecule has 1 atom stereocenters. The molecule has 0 spiro atoms. The molecule has 0 aliphatic heterocycles. The van der Waals surface area contributed by atoms with Crippen molar-refractivity contribution in [3.63, 3.8) is 0 Å². The zero-order chi connectivity index (χ0) is 13.1. The molecule has 98 valence electrons. The lowest BCUT2D eigenvalue weighted by atomic mass is 10.1. The van der Waals surface area contributed by atoms with Crippen molar-refractivity contribution < 1.29 is 9.18 Å². The maximum atomic E-state index is 12.8. The Morgan fingerprint density at radius 3 is 2.56 bits per heavy atom. The monoisotopic (exact) mass is 250 g/mol. The molecule has 1 aliphatic carbocycles. The van der Waals surface area contributed by atoms with Gasteiger partial charge in [-0.25, -0.2) is 4.39 Å². The van der Waals surface area contributed by atoms with E-state index in [0.29, 0.717) is 19.0 Å². The second-order valence-corrected chi connectivity index (χ2v) is 4.84. The van der Waals surface area contributed by atoms with Crippen molar-refractivity contribution in [2.45, 2.75) is 44.8 Å². The summed E-state index contributed by atoms with van der Waals surface area (Å²) < 4.78 is 12.8. The fraction of sp³-hybridized carbons (Fsp3) is 0.500. The fourth-order valence-electron chi connectivity index (χ4n) is 1.95. The SMILES string of the molecule is CC[C@H](N)C(=O)N(Cc1ccc(F)cc1)C1CC1. The largest absolute Gasteiger partial charge is 0.334 e. The summed E-state index contributed by atoms with van der Waals surface area (Å²) in [4.78, 5) is 14.0. The van der Waals surface area contributed by atoms with E-state index in [1.807, 2.05) is 11.8 Å². The molecule has 0 heterocycles. The molecule has 1 aromatic rings. The Morgan fingerprint density at radius 1 is 1.44 bits per heavy atom. The number of carbonyl (C=O) groups is 1. The highest BCUT2D eigenvalue weighted by molar-refractivity contribution is 5.82. The van der Waals surface area contributed by atoms with Crippen LogP contribution in [0.4, 0.5) is 4.39 Å². The Labute approximate surface area is 107 Å². The third-order valence-corrected chi connectivity index (χ3v) is 3.29. The lowest BCUT2D eigenvalue weighted by molar-refractivity contribution is -0.133. The number of nitrogens with two attached hydrogens (primary N) is 1. The van der Waals surface area contributed by atoms with Gasteiger partial charge in [-0.1, -0.05) is 19.1 Å². The Morgan fingerprint density at radius 2 is 2.06 bits per heavy atom. The van der Waals surface area contributed by atoms with Crippen LogP contribution in [-0.2, 0) is 11.3 Å². The predicted molar refractivity (Wildman–Crippen MR) is 68.2 cm³/mol. The standard InChI is InChI=1S/C14H19FN2O/c1-2-13(16)14(18)17(12-7-8-12)9-10-3-5-11(15)6-4-10/h3-6,12-13H,2,7-9,16H2,1H3/t13-/m0/s1. The van der Waals surface area contributed by atoms with Gasteiger partial charge in [0.15, 0.2) is 0 Å². The van der Waals surface area contributed by atoms with Gasteiger partial charge in [-0.2, -0.15) is 0 Å². The molecule has 1 fully saturated rings. The summed E-state index contributed by atoms with van der Waals surface area (Å²) in [6.45, 7) is 2.43. The Balaban J connectivity index is 2.06. The average Bonchev–Trinajstić information content (AvgIpc) is 3.20. The zero-order valence-electron chi connectivity index (χ0n) is 10.6. The lowest BCUT2D eigenvalue weighted by Gasteiger charge is -2.25. The van der Waals surface area contributed by atoms with Gasteiger partial charge in [0.1, 0.15) is 5.82 Å². The minimum atomic E-state index is -0.425. The van der Waals surface area contributed by atoms with Crippen molar-refractivity contribution >= 4 is 5.91 Å². The quantitative estimate of drug-likeness (QED) is 0.869. The van der Waals surface area contributed by atoms with Gasteiger partial charge in [0.2, 0.25) is 5.91 Å². The molecule has 1 amide bonds. The van der Waals surface area contributed by atoms with Crippen LogP contribution in [0.25, 0.3) is 0 Å². The summed E-state index contributed by atoms with van der Waals surface area (Å²) in [5.41, 5.74) is 6.75. The van der Waals surface area contributed by atoms with Crippen LogP contribution in [0.5, 0.6) is 0 Å². The molecular formula is C14H19FN2O. The molecule has 0 radical (unpaired) electrons. The first kappa shape index (κ1) is 13.0. The van der Waals surface area contributed by atoms with Gasteiger partial charge in [-0.05, 0) is 37.0 Å². The van der Waals surface area contributed by atoms with Crippen molar-refractivity contribution in [1.29, 1.82) is 0 Å². The summed E-state index contributed by atoms with van der Waals surface area (Å²) in [5.74, 6) is -0.252. The maximum absolute atomic E-state index is 12.8. The Hall–Kier alpha value is -1.42. The van der Waals surface area contributed by atoms with Crippen molar-refractivity contribution in [3.8, 4) is 0 Å². The van der Waals surface area contributed by atoms with E-state index in [-0.39, 0.29) is 11.7 Å². The normalized spacial score (nSPS) is 16.4. The molecule has 2 rings (SSSR count). The highest BCUT2D eigenvalue weighted by atomic mass is 19.1. The number of benzene rings is 1. The van der Waals surface area contributed by atoms with Gasteiger partial charge in [0, 0.05) is 12.6 Å². The minimum absolute atomic E-state index is 0.00400. The van der Waals surface area contributed by atoms with Gasteiger partial charge >= 0.3 is 0 Å². The molecule has 0 saturated heterocycles. The molecule has 18 heavy (non-hydrogen) atoms. The van der Waals surface area contributed by atoms with Gasteiger partial charge in [-0.3, -0.25) is 4.79 Å². The van der Waals surface area contributed by atoms with Gasteiger partial charge < -0.3 is 10.6 Å². The van der Waals surface area contributed by atoms with Crippen molar-refractivity contribution in [2.75, 3.05) is 0 Å². The van der Waals surface area contributed by atoms with Gasteiger partial charge in [0.25, 0.3) is 0 Å². The van der Waals surface area contributed by atoms with Crippen molar-refractivity contribution in [2.24, 2.45) is 5.73 Å². The van der Waals surface area contributed by atoms with Gasteiger partial charge in [-0.15, -0.1) is 0 Å². The van der Waals surface area contributed by atoms with E-state index in [4.69, 9.17) is 5.73 Å². The number of hydrogen-bond acceptors (Lipinski definition) is 2. The van der Waals surface area contributed by atoms with Crippen LogP contribution >= 0.6 is 0 Å². The van der Waals surface area contributed by atoms with Crippen LogP contribution in [0, 0.1) is 5.82 Å². The predicted octanol–water partition coefficient (Wildman–Crippen LogP) is 2.05. The van der Waals surface area contributed by atoms with Crippen molar-refractivity contribution in [1.82, 2.24) is 4.90 Å². The second kappa shape index (κ2) is 5.48. The van der Waals surface area contributed by atoms with E-state index < -0.39 is 6.04 Å². The zero-order valence-corrected chi connectivity index (χ0v) is 10.6. The molecule has 0 aromatic heterocycles. The molecule has 0 bridgehead atoms. The van der Waals surface area contributed by atoms with E-state index in [9.17, 15) is 9.18 Å². The number of amides is 1. The number of halogens is 1. The Bertz CT molecular complexity index is 414. The molecule has 1 saturated carbocycles. The molecule has 0 unspecified atom stereocenters. The first-order valence-electron chi connectivity index (χ1n) is 6.42. The van der Waals surface area contributed by atoms with Crippen molar-refractivity contribution in [3.05, 3.63) is 35.6 Å². The van der Waals surface area contributed by atoms with Gasteiger partial charge in [0.05, 0.1) is 6.04 Å². The smallest absolute Gasteiger partial charge is 0.240 e. The van der Waals surface area contributed by atoms with E-state index in [1.54, 1.807) is 12.1 Å². The van der Waals surface area contributed by atoms with Crippen LogP contribution in [0.15, 0.2) is 24.3 Å². The summed E-state index contributed by atoms with van der Waals surface area (Å²) in [6.07, 6.45) is 2.73. The van der Waals surface area contributed by atoms with E-state index >= 15 is 0 Å². The molecular weight excluding hydrogens is 231 g/mol. The third kappa shape index (κ3) is 3.07. The first-order valence-corrected chi connectivity index (χ1v) is 6.42. The average molecular weight is 250 g/mol. The maximum Gasteiger partial charge on any atom is 0.240 e. The molecule has 1 aliphatic rings. The summed E-state index contributed by atoms with van der Waals surface area (Å²) >= 11 is 0. The van der Waals surface area contributed by atoms with Crippen LogP contribution in [0.3, 0.4) is 0 Å². The molecule has 2 N–H and O–H groups in total. The minimum Gasteiger partial charge on any atom is -0.334 e. The summed E-state index contributed by atoms with van der Waals surface area (Å²) in [5, 5.41) is 0. The third-order valence-electron chi connectivity index (χ3n) is 3.29. The van der Waals surface area contributed by atoms with Crippen LogP contribution in [0.1, 0.15) is 31.7 Å². The van der Waals surface area contributed by atoms with E-state index in [1.165, 1.54) is 12.1 Å². The first-order chi connectivity index (χ1) is 8.61. The summed E-state index contributed by atoms with van der Waals surface area (Å²) in [7, 11) is 0. The topological polar surface area (TPSA) is 46.3 Å². The van der Waals surface area contributed by atoms with Crippen LogP contribution < -0.4 is 5.73 Å². The van der Waals surface area contributed by atoms with Crippen LogP contribution in [0.2, 0.25) is 0 Å². The highest BCUT2D eigenvalue weighted by Crippen LogP contribution is 2.29. The number of rotatable bonds is 5. The number of nitrogens with zero attached hydrogens (tertiary/aromatic N) is 1. The lowest BCUT2D eigenvalue weighted by Crippen LogP contribution is -2.44. The molecule has 1 aromatic carbocycles. The molecule has 4 heteroatoms. The van der Waals surface area contributed by atoms with Crippen LogP contribution in [-0.4, -0.2) is 22.9 Å². The number of hydrogen-bond donors (Lipinski definition) is 1.